The molecule has 3 aliphatic rings. The number of esters is 1. The van der Waals surface area contributed by atoms with Gasteiger partial charge >= 0.3 is 12.1 Å². The molecular weight excluding hydrogens is 382 g/mol. The van der Waals surface area contributed by atoms with E-state index in [1.807, 2.05) is 42.2 Å². The number of carbonyl (C=O) groups is 2. The molecule has 2 bridgehead atoms. The number of piperazine rings is 1. The molecule has 2 unspecified atom stereocenters. The third-order valence-corrected chi connectivity index (χ3v) is 6.77. The predicted molar refractivity (Wildman–Crippen MR) is 113 cm³/mol. The van der Waals surface area contributed by atoms with Gasteiger partial charge in [0.05, 0.1) is 13.2 Å². The first-order valence-corrected chi connectivity index (χ1v) is 11.2. The Balaban J connectivity index is 1.22. The molecule has 0 aliphatic carbocycles. The Labute approximate surface area is 178 Å². The van der Waals surface area contributed by atoms with E-state index in [2.05, 4.69) is 9.80 Å². The highest BCUT2D eigenvalue weighted by Gasteiger charge is 2.43. The quantitative estimate of drug-likeness (QED) is 0.666. The molecule has 3 saturated heterocycles. The monoisotopic (exact) mass is 415 g/mol. The highest BCUT2D eigenvalue weighted by molar-refractivity contribution is 5.71. The molecule has 4 rings (SSSR count). The second-order valence-corrected chi connectivity index (χ2v) is 8.55. The number of benzene rings is 1. The number of nitrogens with zero attached hydrogens (tertiary/aromatic N) is 3. The van der Waals surface area contributed by atoms with Crippen molar-refractivity contribution in [3.63, 3.8) is 0 Å². The molecule has 2 atom stereocenters. The molecule has 0 aromatic heterocycles. The Morgan fingerprint density at radius 3 is 2.23 bits per heavy atom. The van der Waals surface area contributed by atoms with Crippen LogP contribution in [0.5, 0.6) is 0 Å². The Morgan fingerprint density at radius 2 is 1.60 bits per heavy atom. The van der Waals surface area contributed by atoms with Crippen LogP contribution < -0.4 is 0 Å². The zero-order valence-corrected chi connectivity index (χ0v) is 17.9. The van der Waals surface area contributed by atoms with Crippen LogP contribution in [0, 0.1) is 0 Å². The summed E-state index contributed by atoms with van der Waals surface area (Å²) in [7, 11) is 0. The van der Waals surface area contributed by atoms with Crippen LogP contribution in [0.1, 0.15) is 38.2 Å². The van der Waals surface area contributed by atoms with Crippen molar-refractivity contribution in [2.45, 2.75) is 57.3 Å². The summed E-state index contributed by atoms with van der Waals surface area (Å²) in [5.41, 5.74) is 1.01. The highest BCUT2D eigenvalue weighted by Crippen LogP contribution is 2.37. The summed E-state index contributed by atoms with van der Waals surface area (Å²) in [6.45, 7) is 6.26. The number of fused-ring (bicyclic) bond motifs is 2. The van der Waals surface area contributed by atoms with Crippen molar-refractivity contribution in [3.05, 3.63) is 35.9 Å². The summed E-state index contributed by atoms with van der Waals surface area (Å²) in [5, 5.41) is 0. The van der Waals surface area contributed by atoms with Gasteiger partial charge in [-0.1, -0.05) is 30.3 Å². The van der Waals surface area contributed by atoms with Crippen LogP contribution in [0.25, 0.3) is 0 Å². The molecule has 0 N–H and O–H groups in total. The zero-order chi connectivity index (χ0) is 20.9. The summed E-state index contributed by atoms with van der Waals surface area (Å²) in [6, 6.07) is 11.3. The topological polar surface area (TPSA) is 62.3 Å². The fourth-order valence-corrected chi connectivity index (χ4v) is 5.24. The third kappa shape index (κ3) is 4.95. The van der Waals surface area contributed by atoms with Gasteiger partial charge in [-0.2, -0.15) is 0 Å². The molecule has 3 heterocycles. The molecule has 164 valence electrons. The van der Waals surface area contributed by atoms with Crippen molar-refractivity contribution in [2.24, 2.45) is 0 Å². The number of rotatable bonds is 6. The smallest absolute Gasteiger partial charge is 0.410 e. The maximum Gasteiger partial charge on any atom is 0.410 e. The van der Waals surface area contributed by atoms with E-state index < -0.39 is 0 Å². The Kier molecular flexibility index (Phi) is 6.89. The van der Waals surface area contributed by atoms with Crippen molar-refractivity contribution in [2.75, 3.05) is 39.3 Å². The van der Waals surface area contributed by atoms with Crippen molar-refractivity contribution >= 4 is 12.1 Å². The van der Waals surface area contributed by atoms with E-state index in [4.69, 9.17) is 9.47 Å². The first kappa shape index (κ1) is 21.1. The van der Waals surface area contributed by atoms with Crippen LogP contribution in [-0.2, 0) is 20.9 Å². The van der Waals surface area contributed by atoms with Crippen LogP contribution in [-0.4, -0.2) is 84.2 Å². The number of carbonyl (C=O) groups excluding carboxylic acids is 2. The minimum atomic E-state index is -0.220. The molecule has 0 saturated carbocycles. The molecule has 1 aromatic carbocycles. The van der Waals surface area contributed by atoms with Crippen molar-refractivity contribution in [1.82, 2.24) is 14.7 Å². The first-order chi connectivity index (χ1) is 14.6. The van der Waals surface area contributed by atoms with Gasteiger partial charge < -0.3 is 14.4 Å². The summed E-state index contributed by atoms with van der Waals surface area (Å²) in [6.07, 6.45) is 4.34. The van der Waals surface area contributed by atoms with E-state index in [9.17, 15) is 9.59 Å². The Hall–Kier alpha value is -2.12. The number of hydrogen-bond acceptors (Lipinski definition) is 6. The lowest BCUT2D eigenvalue weighted by Gasteiger charge is -2.45. The van der Waals surface area contributed by atoms with Gasteiger partial charge in [-0.05, 0) is 38.2 Å². The van der Waals surface area contributed by atoms with E-state index in [-0.39, 0.29) is 12.1 Å². The standard InChI is InChI=1S/C23H33N3O4/c1-2-29-22(27)16-26-19-8-9-20(26)15-21(14-19)24-10-12-25(13-11-24)23(28)30-17-18-6-4-3-5-7-18/h3-7,19-21H,2,8-17H2,1H3. The minimum Gasteiger partial charge on any atom is -0.465 e. The summed E-state index contributed by atoms with van der Waals surface area (Å²) >= 11 is 0. The number of ether oxygens (including phenoxy) is 2. The predicted octanol–water partition coefficient (Wildman–Crippen LogP) is 2.50. The number of piperidine rings is 1. The average molecular weight is 416 g/mol. The second kappa shape index (κ2) is 9.79. The van der Waals surface area contributed by atoms with E-state index in [0.717, 1.165) is 31.5 Å². The minimum absolute atomic E-state index is 0.101. The molecule has 3 fully saturated rings. The first-order valence-electron chi connectivity index (χ1n) is 11.2. The van der Waals surface area contributed by atoms with Gasteiger partial charge in [0.25, 0.3) is 0 Å². The van der Waals surface area contributed by atoms with Crippen LogP contribution in [0.2, 0.25) is 0 Å². The van der Waals surface area contributed by atoms with Crippen LogP contribution in [0.15, 0.2) is 30.3 Å². The van der Waals surface area contributed by atoms with E-state index >= 15 is 0 Å². The van der Waals surface area contributed by atoms with Crippen LogP contribution in [0.4, 0.5) is 4.79 Å². The lowest BCUT2D eigenvalue weighted by molar-refractivity contribution is -0.146. The molecule has 7 heteroatoms. The number of hydrogen-bond donors (Lipinski definition) is 0. The molecule has 30 heavy (non-hydrogen) atoms. The number of amides is 1. The van der Waals surface area contributed by atoms with Gasteiger partial charge in [0.15, 0.2) is 0 Å². The lowest BCUT2D eigenvalue weighted by Crippen LogP contribution is -2.57. The summed E-state index contributed by atoms with van der Waals surface area (Å²) in [5.74, 6) is -0.101. The molecule has 1 aromatic rings. The van der Waals surface area contributed by atoms with Gasteiger partial charge in [0.2, 0.25) is 0 Å². The normalized spacial score (nSPS) is 27.1. The van der Waals surface area contributed by atoms with E-state index in [0.29, 0.717) is 51.0 Å². The fraction of sp³-hybridized carbons (Fsp3) is 0.652. The largest absolute Gasteiger partial charge is 0.465 e. The molecule has 1 amide bonds. The van der Waals surface area contributed by atoms with Crippen LogP contribution in [0.3, 0.4) is 0 Å². The molecular formula is C23H33N3O4. The van der Waals surface area contributed by atoms with Crippen LogP contribution >= 0.6 is 0 Å². The maximum absolute atomic E-state index is 12.4. The van der Waals surface area contributed by atoms with Gasteiger partial charge in [0, 0.05) is 44.3 Å². The van der Waals surface area contributed by atoms with Gasteiger partial charge in [0.1, 0.15) is 6.61 Å². The SMILES string of the molecule is CCOC(=O)CN1C2CCC1CC(N1CCN(C(=O)OCc3ccccc3)CC1)C2. The average Bonchev–Trinajstić information content (AvgIpc) is 2.99. The lowest BCUT2D eigenvalue weighted by atomic mass is 9.95. The van der Waals surface area contributed by atoms with E-state index in [1.165, 1.54) is 12.8 Å². The molecule has 0 radical (unpaired) electrons. The van der Waals surface area contributed by atoms with Gasteiger partial charge in [-0.25, -0.2) is 4.79 Å². The molecule has 0 spiro atoms. The fourth-order valence-electron chi connectivity index (χ4n) is 5.24. The second-order valence-electron chi connectivity index (χ2n) is 8.55. The van der Waals surface area contributed by atoms with Crippen molar-refractivity contribution in [1.29, 1.82) is 0 Å². The summed E-state index contributed by atoms with van der Waals surface area (Å²) < 4.78 is 10.6. The Morgan fingerprint density at radius 1 is 0.933 bits per heavy atom. The third-order valence-electron chi connectivity index (χ3n) is 6.77. The van der Waals surface area contributed by atoms with Crippen molar-refractivity contribution < 1.29 is 19.1 Å². The van der Waals surface area contributed by atoms with Crippen molar-refractivity contribution in [3.8, 4) is 0 Å². The van der Waals surface area contributed by atoms with Gasteiger partial charge in [-0.3, -0.25) is 14.6 Å². The Bertz CT molecular complexity index is 706. The zero-order valence-electron chi connectivity index (χ0n) is 17.9. The van der Waals surface area contributed by atoms with E-state index in [1.54, 1.807) is 0 Å². The molecule has 7 nitrogen and oxygen atoms in total. The maximum atomic E-state index is 12.4. The molecule has 3 aliphatic heterocycles. The summed E-state index contributed by atoms with van der Waals surface area (Å²) in [4.78, 5) is 31.1. The van der Waals surface area contributed by atoms with Gasteiger partial charge in [-0.15, -0.1) is 0 Å². The highest BCUT2D eigenvalue weighted by atomic mass is 16.6.